The zero-order chi connectivity index (χ0) is 46.6. The van der Waals surface area contributed by atoms with E-state index in [9.17, 15) is 24.6 Å². The van der Waals surface area contributed by atoms with Crippen LogP contribution in [-0.4, -0.2) is 86.8 Å². The van der Waals surface area contributed by atoms with E-state index in [0.717, 1.165) is 76.2 Å². The second-order valence-electron chi connectivity index (χ2n) is 17.6. The molecule has 66 heavy (non-hydrogen) atoms. The number of carboxylic acid groups (broad SMARTS) is 1. The summed E-state index contributed by atoms with van der Waals surface area (Å²) >= 11 is 3.22. The van der Waals surface area contributed by atoms with Gasteiger partial charge in [0.2, 0.25) is 11.8 Å². The van der Waals surface area contributed by atoms with Gasteiger partial charge in [0.15, 0.2) is 5.82 Å². The van der Waals surface area contributed by atoms with Gasteiger partial charge in [-0.25, -0.2) is 4.98 Å². The van der Waals surface area contributed by atoms with Crippen LogP contribution in [0.15, 0.2) is 95.7 Å². The standard InChI is InChI=1S/C50H51N9O5S2/c1-26(2)45(49(64)57-24-39(60)20-41(57)48(63)53-28(4)32-8-18-37(19-9-32)46-29(5)51-25-65-46)58-23-38(22-52-58)35-12-10-33(11-13-35)34-14-16-36(17-15-34)44-43-27(3)30(6)66-50(43)59-31(7)55-56-47(59)40(54-44)21-42(61)62/h8-19,22-23,25-26,28,39-41,45,60H,20-21,24H2,1-7H3,(H,53,63)(H,61,62)/t28-,39+,40-,41-,45?/m0/s1. The molecule has 0 bridgehead atoms. The molecular formula is C50H51N9O5S2. The highest BCUT2D eigenvalue weighted by Crippen LogP contribution is 2.40. The molecular weight excluding hydrogens is 871 g/mol. The number of likely N-dealkylation sites (tertiary alicyclic amines) is 1. The molecule has 0 saturated carbocycles. The summed E-state index contributed by atoms with van der Waals surface area (Å²) in [6.45, 7) is 13.9. The number of nitrogens with one attached hydrogen (secondary N) is 1. The number of hydrogen-bond donors (Lipinski definition) is 3. The van der Waals surface area contributed by atoms with Crippen molar-refractivity contribution in [1.29, 1.82) is 0 Å². The smallest absolute Gasteiger partial charge is 0.306 e. The van der Waals surface area contributed by atoms with Gasteiger partial charge in [-0.1, -0.05) is 86.6 Å². The van der Waals surface area contributed by atoms with Gasteiger partial charge in [0.1, 0.15) is 29.0 Å². The van der Waals surface area contributed by atoms with E-state index in [-0.39, 0.29) is 43.2 Å². The van der Waals surface area contributed by atoms with Crippen molar-refractivity contribution in [2.75, 3.05) is 6.54 Å². The number of aliphatic carboxylic acids is 1. The second-order valence-corrected chi connectivity index (χ2v) is 19.6. The summed E-state index contributed by atoms with van der Waals surface area (Å²) < 4.78 is 3.63. The topological polar surface area (TPSA) is 181 Å². The highest BCUT2D eigenvalue weighted by atomic mass is 32.1. The highest BCUT2D eigenvalue weighted by molar-refractivity contribution is 7.15. The molecule has 2 aliphatic rings. The predicted molar refractivity (Wildman–Crippen MR) is 256 cm³/mol. The molecule has 3 aromatic carbocycles. The van der Waals surface area contributed by atoms with Crippen LogP contribution in [0.1, 0.15) is 96.2 Å². The summed E-state index contributed by atoms with van der Waals surface area (Å²) in [5.41, 5.74) is 12.2. The largest absolute Gasteiger partial charge is 0.481 e. The van der Waals surface area contributed by atoms with Gasteiger partial charge in [0.05, 0.1) is 46.6 Å². The van der Waals surface area contributed by atoms with Crippen molar-refractivity contribution in [2.24, 2.45) is 10.9 Å². The summed E-state index contributed by atoms with van der Waals surface area (Å²) in [5.74, 6) is -0.489. The number of carboxylic acids is 1. The van der Waals surface area contributed by atoms with Crippen molar-refractivity contribution in [3.63, 3.8) is 0 Å². The van der Waals surface area contributed by atoms with Crippen LogP contribution < -0.4 is 5.32 Å². The van der Waals surface area contributed by atoms with E-state index in [1.54, 1.807) is 33.6 Å². The average molecular weight is 922 g/mol. The normalized spacial score (nSPS) is 17.8. The fraction of sp³-hybridized carbons (Fsp3) is 0.320. The SMILES string of the molecule is Cc1ncsc1-c1ccc([C@H](C)NC(=O)[C@@H]2C[C@@H](O)CN2C(=O)C(C(C)C)n2cc(-c3ccc(-c4ccc(C5=N[C@@H](CC(=O)O)c6nnc(C)n6-c6sc(C)c(C)c65)cc4)cc3)cn2)cc1. The number of benzene rings is 3. The highest BCUT2D eigenvalue weighted by Gasteiger charge is 2.43. The Morgan fingerprint density at radius 1 is 0.848 bits per heavy atom. The molecule has 1 unspecified atom stereocenters. The molecule has 14 nitrogen and oxygen atoms in total. The summed E-state index contributed by atoms with van der Waals surface area (Å²) in [6.07, 6.45) is 2.73. The Morgan fingerprint density at radius 3 is 2.11 bits per heavy atom. The van der Waals surface area contributed by atoms with E-state index < -0.39 is 30.2 Å². The Labute approximate surface area is 390 Å². The van der Waals surface area contributed by atoms with Gasteiger partial charge in [0, 0.05) is 40.7 Å². The third-order valence-electron chi connectivity index (χ3n) is 12.7. The van der Waals surface area contributed by atoms with Crippen molar-refractivity contribution >= 4 is 46.2 Å². The van der Waals surface area contributed by atoms with Crippen LogP contribution in [0.5, 0.6) is 0 Å². The zero-order valence-electron chi connectivity index (χ0n) is 37.8. The first-order valence-corrected chi connectivity index (χ1v) is 23.7. The molecule has 9 rings (SSSR count). The molecule has 2 aliphatic heterocycles. The average Bonchev–Trinajstić information content (AvgIpc) is 4.14. The van der Waals surface area contributed by atoms with Crippen molar-refractivity contribution < 1.29 is 24.6 Å². The lowest BCUT2D eigenvalue weighted by atomic mass is 9.96. The summed E-state index contributed by atoms with van der Waals surface area (Å²) in [5, 5.41) is 38.0. The zero-order valence-corrected chi connectivity index (χ0v) is 39.4. The van der Waals surface area contributed by atoms with Gasteiger partial charge in [-0.2, -0.15) is 5.10 Å². The van der Waals surface area contributed by atoms with E-state index in [1.165, 1.54) is 4.90 Å². The lowest BCUT2D eigenvalue weighted by Gasteiger charge is -2.30. The Balaban J connectivity index is 0.901. The monoisotopic (exact) mass is 921 g/mol. The number of aliphatic hydroxyl groups is 1. The number of carbonyl (C=O) groups is 3. The van der Waals surface area contributed by atoms with Crippen molar-refractivity contribution in [3.05, 3.63) is 135 Å². The van der Waals surface area contributed by atoms with Gasteiger partial charge in [-0.15, -0.1) is 32.9 Å². The number of aliphatic hydroxyl groups excluding tert-OH is 1. The first kappa shape index (κ1) is 44.6. The molecule has 6 heterocycles. The van der Waals surface area contributed by atoms with Crippen LogP contribution in [0, 0.1) is 33.6 Å². The predicted octanol–water partition coefficient (Wildman–Crippen LogP) is 8.62. The molecule has 16 heteroatoms. The maximum atomic E-state index is 14.4. The molecule has 0 spiro atoms. The number of thiazole rings is 1. The number of nitrogens with zero attached hydrogens (tertiary/aromatic N) is 8. The first-order valence-electron chi connectivity index (χ1n) is 22.0. The second kappa shape index (κ2) is 18.0. The van der Waals surface area contributed by atoms with Gasteiger partial charge < -0.3 is 20.4 Å². The van der Waals surface area contributed by atoms with Crippen LogP contribution in [0.3, 0.4) is 0 Å². The van der Waals surface area contributed by atoms with Crippen molar-refractivity contribution in [1.82, 2.24) is 39.7 Å². The van der Waals surface area contributed by atoms with Crippen LogP contribution in [0.4, 0.5) is 0 Å². The Morgan fingerprint density at radius 2 is 1.48 bits per heavy atom. The molecule has 1 saturated heterocycles. The number of aryl methyl sites for hydroxylation is 3. The molecule has 7 aromatic rings. The van der Waals surface area contributed by atoms with E-state index in [0.29, 0.717) is 11.6 Å². The van der Waals surface area contributed by atoms with Gasteiger partial charge in [-0.3, -0.25) is 28.6 Å². The first-order chi connectivity index (χ1) is 31.7. The molecule has 2 amide bonds. The third kappa shape index (κ3) is 8.40. The maximum absolute atomic E-state index is 14.4. The Kier molecular flexibility index (Phi) is 12.1. The van der Waals surface area contributed by atoms with Crippen molar-refractivity contribution in [2.45, 2.75) is 91.6 Å². The molecule has 1 fully saturated rings. The molecule has 5 atom stereocenters. The molecule has 3 N–H and O–H groups in total. The summed E-state index contributed by atoms with van der Waals surface area (Å²) in [6, 6.07) is 21.8. The number of amides is 2. The van der Waals surface area contributed by atoms with E-state index in [1.807, 2.05) is 124 Å². The van der Waals surface area contributed by atoms with Gasteiger partial charge in [-0.05, 0) is 73.9 Å². The summed E-state index contributed by atoms with van der Waals surface area (Å²) in [7, 11) is 0. The van der Waals surface area contributed by atoms with Crippen molar-refractivity contribution in [3.8, 4) is 37.7 Å². The molecule has 338 valence electrons. The number of thiophene rings is 1. The number of aromatic nitrogens is 6. The molecule has 4 aromatic heterocycles. The van der Waals surface area contributed by atoms with Crippen LogP contribution >= 0.6 is 22.7 Å². The summed E-state index contributed by atoms with van der Waals surface area (Å²) in [4.78, 5) is 53.4. The maximum Gasteiger partial charge on any atom is 0.306 e. The molecule has 0 radical (unpaired) electrons. The number of aliphatic imine (C=N–C) groups is 1. The van der Waals surface area contributed by atoms with Crippen LogP contribution in [0.2, 0.25) is 0 Å². The fourth-order valence-corrected chi connectivity index (χ4v) is 11.1. The van der Waals surface area contributed by atoms with Gasteiger partial charge in [0.25, 0.3) is 0 Å². The minimum absolute atomic E-state index is 0.0606. The molecule has 0 aliphatic carbocycles. The Hall–Kier alpha value is -6.62. The number of fused-ring (bicyclic) bond motifs is 3. The number of rotatable bonds is 12. The Bertz CT molecular complexity index is 2980. The minimum Gasteiger partial charge on any atom is -0.481 e. The van der Waals surface area contributed by atoms with E-state index in [2.05, 4.69) is 39.4 Å². The number of β-amino-alcohol motifs (C(OH)–C–C–N with tert-alkyl or cyclic N) is 1. The van der Waals surface area contributed by atoms with E-state index >= 15 is 0 Å². The number of carbonyl (C=O) groups excluding carboxylic acids is 2. The lowest BCUT2D eigenvalue weighted by Crippen LogP contribution is -2.49. The third-order valence-corrected chi connectivity index (χ3v) is 14.9. The fourth-order valence-electron chi connectivity index (χ4n) is 9.08. The van der Waals surface area contributed by atoms with Crippen LogP contribution in [-0.2, 0) is 14.4 Å². The number of hydrogen-bond acceptors (Lipinski definition) is 11. The quantitative estimate of drug-likeness (QED) is 0.108. The van der Waals surface area contributed by atoms with Gasteiger partial charge >= 0.3 is 5.97 Å². The lowest BCUT2D eigenvalue weighted by molar-refractivity contribution is -0.142. The van der Waals surface area contributed by atoms with E-state index in [4.69, 9.17) is 4.99 Å². The van der Waals surface area contributed by atoms with Crippen LogP contribution in [0.25, 0.3) is 37.7 Å². The minimum atomic E-state index is -0.961.